The van der Waals surface area contributed by atoms with Crippen molar-refractivity contribution in [1.82, 2.24) is 10.2 Å². The van der Waals surface area contributed by atoms with Crippen LogP contribution >= 0.6 is 39.9 Å². The Morgan fingerprint density at radius 2 is 2.08 bits per heavy atom. The van der Waals surface area contributed by atoms with Gasteiger partial charge in [-0.3, -0.25) is 4.99 Å². The second kappa shape index (κ2) is 12.9. The second-order valence-corrected chi connectivity index (χ2v) is 6.91. The van der Waals surface area contributed by atoms with Gasteiger partial charge in [0.15, 0.2) is 5.96 Å². The first kappa shape index (κ1) is 23.6. The summed E-state index contributed by atoms with van der Waals surface area (Å²) in [6, 6.07) is 5.15. The van der Waals surface area contributed by atoms with E-state index in [9.17, 15) is 4.39 Å². The molecule has 5 nitrogen and oxygen atoms in total. The molecule has 0 bridgehead atoms. The number of rotatable bonds is 7. The lowest BCUT2D eigenvalue weighted by molar-refractivity contribution is 0.00989. The van der Waals surface area contributed by atoms with Crippen molar-refractivity contribution in [2.24, 2.45) is 4.99 Å². The third kappa shape index (κ3) is 7.66. The van der Waals surface area contributed by atoms with Gasteiger partial charge in [0, 0.05) is 47.0 Å². The monoisotopic (exact) mass is 543 g/mol. The molecule has 26 heavy (non-hydrogen) atoms. The fraction of sp³-hybridized carbons (Fsp3) is 0.611. The highest BCUT2D eigenvalue weighted by molar-refractivity contribution is 14.0. The van der Waals surface area contributed by atoms with E-state index in [0.717, 1.165) is 57.1 Å². The lowest BCUT2D eigenvalue weighted by atomic mass is 10.1. The first-order valence-electron chi connectivity index (χ1n) is 8.64. The van der Waals surface area contributed by atoms with Crippen molar-refractivity contribution in [2.75, 3.05) is 40.5 Å². The van der Waals surface area contributed by atoms with E-state index in [1.54, 1.807) is 20.2 Å². The largest absolute Gasteiger partial charge is 0.385 e. The van der Waals surface area contributed by atoms with E-state index in [2.05, 4.69) is 31.1 Å². The van der Waals surface area contributed by atoms with Gasteiger partial charge in [-0.05, 0) is 52.9 Å². The van der Waals surface area contributed by atoms with Crippen LogP contribution in [0.1, 0.15) is 24.8 Å². The fourth-order valence-electron chi connectivity index (χ4n) is 2.85. The molecule has 1 heterocycles. The van der Waals surface area contributed by atoms with Gasteiger partial charge in [0.05, 0.1) is 10.6 Å². The van der Waals surface area contributed by atoms with E-state index in [1.165, 1.54) is 6.07 Å². The maximum absolute atomic E-state index is 13.6. The van der Waals surface area contributed by atoms with Crippen LogP contribution in [0.4, 0.5) is 4.39 Å². The number of guanidine groups is 1. The summed E-state index contributed by atoms with van der Waals surface area (Å²) >= 11 is 3.17. The summed E-state index contributed by atoms with van der Waals surface area (Å²) in [6.07, 6.45) is 3.22. The average molecular weight is 544 g/mol. The van der Waals surface area contributed by atoms with E-state index >= 15 is 0 Å². The van der Waals surface area contributed by atoms with Crippen molar-refractivity contribution < 1.29 is 13.9 Å². The number of hydrogen-bond acceptors (Lipinski definition) is 3. The maximum Gasteiger partial charge on any atom is 0.193 e. The lowest BCUT2D eigenvalue weighted by Crippen LogP contribution is -2.46. The third-order valence-electron chi connectivity index (χ3n) is 4.23. The molecule has 0 unspecified atom stereocenters. The number of halogens is 3. The van der Waals surface area contributed by atoms with Crippen LogP contribution in [0.5, 0.6) is 0 Å². The smallest absolute Gasteiger partial charge is 0.193 e. The van der Waals surface area contributed by atoms with Gasteiger partial charge < -0.3 is 19.7 Å². The van der Waals surface area contributed by atoms with Crippen molar-refractivity contribution >= 4 is 45.9 Å². The standard InChI is InChI=1S/C18H27BrFN3O2.HI/c1-21-18(22-13-14-4-5-16(19)17(20)12-14)23-8-6-15(7-9-23)25-11-3-10-24-2;/h4-5,12,15H,3,6-11,13H2,1-2H3,(H,21,22);1H. The van der Waals surface area contributed by atoms with Gasteiger partial charge in [-0.1, -0.05) is 6.07 Å². The number of piperidine rings is 1. The summed E-state index contributed by atoms with van der Waals surface area (Å²) in [4.78, 5) is 6.58. The minimum Gasteiger partial charge on any atom is -0.385 e. The summed E-state index contributed by atoms with van der Waals surface area (Å²) in [7, 11) is 3.48. The molecule has 0 aromatic heterocycles. The Hall–Kier alpha value is -0.450. The zero-order chi connectivity index (χ0) is 18.1. The van der Waals surface area contributed by atoms with Crippen molar-refractivity contribution in [2.45, 2.75) is 31.9 Å². The fourth-order valence-corrected chi connectivity index (χ4v) is 3.10. The second-order valence-electron chi connectivity index (χ2n) is 6.05. The number of aliphatic imine (C=N–C) groups is 1. The number of ether oxygens (including phenoxy) is 2. The first-order chi connectivity index (χ1) is 12.1. The highest BCUT2D eigenvalue weighted by Gasteiger charge is 2.21. The van der Waals surface area contributed by atoms with E-state index < -0.39 is 0 Å². The van der Waals surface area contributed by atoms with Gasteiger partial charge in [-0.25, -0.2) is 4.39 Å². The highest BCUT2D eigenvalue weighted by atomic mass is 127. The molecule has 0 radical (unpaired) electrons. The van der Waals surface area contributed by atoms with Crippen LogP contribution in [-0.2, 0) is 16.0 Å². The Morgan fingerprint density at radius 1 is 1.35 bits per heavy atom. The predicted molar refractivity (Wildman–Crippen MR) is 117 cm³/mol. The maximum atomic E-state index is 13.6. The molecule has 1 saturated heterocycles. The van der Waals surface area contributed by atoms with E-state index in [0.29, 0.717) is 17.1 Å². The summed E-state index contributed by atoms with van der Waals surface area (Å²) < 4.78 is 25.0. The molecule has 0 atom stereocenters. The summed E-state index contributed by atoms with van der Waals surface area (Å²) in [6.45, 7) is 3.85. The van der Waals surface area contributed by atoms with Crippen LogP contribution in [0.3, 0.4) is 0 Å². The molecule has 1 aliphatic heterocycles. The van der Waals surface area contributed by atoms with Crippen molar-refractivity contribution in [3.8, 4) is 0 Å². The van der Waals surface area contributed by atoms with Gasteiger partial charge in [-0.15, -0.1) is 24.0 Å². The van der Waals surface area contributed by atoms with Crippen LogP contribution in [0, 0.1) is 5.82 Å². The minimum atomic E-state index is -0.249. The van der Waals surface area contributed by atoms with Crippen LogP contribution < -0.4 is 5.32 Å². The van der Waals surface area contributed by atoms with E-state index in [1.807, 2.05) is 6.07 Å². The average Bonchev–Trinajstić information content (AvgIpc) is 2.63. The molecule has 0 saturated carbocycles. The predicted octanol–water partition coefficient (Wildman–Crippen LogP) is 3.80. The molecule has 148 valence electrons. The van der Waals surface area contributed by atoms with Crippen LogP contribution in [-0.4, -0.2) is 57.4 Å². The number of benzene rings is 1. The molecule has 8 heteroatoms. The highest BCUT2D eigenvalue weighted by Crippen LogP contribution is 2.17. The SMILES string of the molecule is CN=C(NCc1ccc(Br)c(F)c1)N1CCC(OCCCOC)CC1.I. The van der Waals surface area contributed by atoms with Gasteiger partial charge in [0.2, 0.25) is 0 Å². The molecule has 1 N–H and O–H groups in total. The minimum absolute atomic E-state index is 0. The summed E-state index contributed by atoms with van der Waals surface area (Å²) in [5.74, 6) is 0.599. The summed E-state index contributed by atoms with van der Waals surface area (Å²) in [5.41, 5.74) is 0.887. The van der Waals surface area contributed by atoms with Crippen LogP contribution in [0.25, 0.3) is 0 Å². The molecular weight excluding hydrogens is 516 g/mol. The molecular formula is C18H28BrFIN3O2. The molecule has 0 spiro atoms. The quantitative estimate of drug-likeness (QED) is 0.246. The number of likely N-dealkylation sites (tertiary alicyclic amines) is 1. The Labute approximate surface area is 180 Å². The van der Waals surface area contributed by atoms with Gasteiger partial charge >= 0.3 is 0 Å². The van der Waals surface area contributed by atoms with Gasteiger partial charge in [-0.2, -0.15) is 0 Å². The van der Waals surface area contributed by atoms with E-state index in [-0.39, 0.29) is 29.8 Å². The zero-order valence-corrected chi connectivity index (χ0v) is 19.3. The van der Waals surface area contributed by atoms with E-state index in [4.69, 9.17) is 9.47 Å². The molecule has 0 aliphatic carbocycles. The van der Waals surface area contributed by atoms with Crippen molar-refractivity contribution in [1.29, 1.82) is 0 Å². The number of hydrogen-bond donors (Lipinski definition) is 1. The van der Waals surface area contributed by atoms with Crippen molar-refractivity contribution in [3.05, 3.63) is 34.1 Å². The number of methoxy groups -OCH3 is 1. The van der Waals surface area contributed by atoms with Crippen molar-refractivity contribution in [3.63, 3.8) is 0 Å². The van der Waals surface area contributed by atoms with Gasteiger partial charge in [0.1, 0.15) is 5.82 Å². The molecule has 1 aromatic rings. The van der Waals surface area contributed by atoms with Crippen LogP contribution in [0.2, 0.25) is 0 Å². The van der Waals surface area contributed by atoms with Gasteiger partial charge in [0.25, 0.3) is 0 Å². The molecule has 1 fully saturated rings. The third-order valence-corrected chi connectivity index (χ3v) is 4.88. The Kier molecular flexibility index (Phi) is 11.7. The normalized spacial score (nSPS) is 15.7. The Bertz CT molecular complexity index is 569. The van der Waals surface area contributed by atoms with Crippen LogP contribution in [0.15, 0.2) is 27.7 Å². The Morgan fingerprint density at radius 3 is 2.69 bits per heavy atom. The molecule has 1 aliphatic rings. The molecule has 2 rings (SSSR count). The topological polar surface area (TPSA) is 46.1 Å². The molecule has 0 amide bonds. The number of nitrogens with one attached hydrogen (secondary N) is 1. The number of nitrogens with zero attached hydrogens (tertiary/aromatic N) is 2. The lowest BCUT2D eigenvalue weighted by Gasteiger charge is -2.34. The summed E-state index contributed by atoms with van der Waals surface area (Å²) in [5, 5.41) is 3.31. The zero-order valence-electron chi connectivity index (χ0n) is 15.3. The molecule has 1 aromatic carbocycles. The Balaban J connectivity index is 0.00000338. The first-order valence-corrected chi connectivity index (χ1v) is 9.43.